The molecule has 4 nitrogen and oxygen atoms in total. The molecule has 1 aliphatic heterocycles. The van der Waals surface area contributed by atoms with E-state index in [9.17, 15) is 4.79 Å². The minimum Gasteiger partial charge on any atom is -0.478 e. The van der Waals surface area contributed by atoms with Crippen molar-refractivity contribution in [2.45, 2.75) is 38.3 Å². The SMILES string of the molecule is O=C(O)c1ccc(CN2CCCCC2CCO)cc1. The van der Waals surface area contributed by atoms with Gasteiger partial charge in [-0.15, -0.1) is 0 Å². The Morgan fingerprint density at radius 3 is 2.63 bits per heavy atom. The maximum absolute atomic E-state index is 10.8. The Kier molecular flexibility index (Phi) is 4.93. The highest BCUT2D eigenvalue weighted by Gasteiger charge is 2.21. The van der Waals surface area contributed by atoms with Crippen LogP contribution in [-0.2, 0) is 6.54 Å². The number of likely N-dealkylation sites (tertiary alicyclic amines) is 1. The van der Waals surface area contributed by atoms with Crippen LogP contribution < -0.4 is 0 Å². The molecule has 1 saturated heterocycles. The fraction of sp³-hybridized carbons (Fsp3) is 0.533. The molecule has 1 unspecified atom stereocenters. The average molecular weight is 263 g/mol. The van der Waals surface area contributed by atoms with Crippen molar-refractivity contribution in [3.05, 3.63) is 35.4 Å². The quantitative estimate of drug-likeness (QED) is 0.854. The van der Waals surface area contributed by atoms with Crippen LogP contribution in [0.5, 0.6) is 0 Å². The highest BCUT2D eigenvalue weighted by atomic mass is 16.4. The van der Waals surface area contributed by atoms with Crippen molar-refractivity contribution in [3.63, 3.8) is 0 Å². The Hall–Kier alpha value is -1.39. The molecule has 19 heavy (non-hydrogen) atoms. The fourth-order valence-corrected chi connectivity index (χ4v) is 2.73. The number of carbonyl (C=O) groups is 1. The van der Waals surface area contributed by atoms with Gasteiger partial charge in [0.1, 0.15) is 0 Å². The maximum Gasteiger partial charge on any atom is 0.335 e. The van der Waals surface area contributed by atoms with E-state index >= 15 is 0 Å². The number of hydrogen-bond donors (Lipinski definition) is 2. The van der Waals surface area contributed by atoms with Gasteiger partial charge in [0.25, 0.3) is 0 Å². The van der Waals surface area contributed by atoms with Crippen LogP contribution in [0.25, 0.3) is 0 Å². The molecule has 0 bridgehead atoms. The molecule has 104 valence electrons. The minimum atomic E-state index is -0.886. The number of piperidine rings is 1. The normalized spacial score (nSPS) is 20.4. The molecule has 1 fully saturated rings. The molecule has 0 aromatic heterocycles. The molecule has 2 rings (SSSR count). The summed E-state index contributed by atoms with van der Waals surface area (Å²) in [6.07, 6.45) is 4.41. The van der Waals surface area contributed by atoms with Crippen molar-refractivity contribution in [3.8, 4) is 0 Å². The summed E-state index contributed by atoms with van der Waals surface area (Å²) in [5.41, 5.74) is 1.46. The van der Waals surface area contributed by atoms with Gasteiger partial charge >= 0.3 is 5.97 Å². The van der Waals surface area contributed by atoms with E-state index in [4.69, 9.17) is 10.2 Å². The number of aliphatic hydroxyl groups is 1. The van der Waals surface area contributed by atoms with Crippen molar-refractivity contribution in [1.29, 1.82) is 0 Å². The van der Waals surface area contributed by atoms with Crippen LogP contribution in [0.15, 0.2) is 24.3 Å². The van der Waals surface area contributed by atoms with Crippen LogP contribution in [0.1, 0.15) is 41.6 Å². The number of benzene rings is 1. The molecule has 1 heterocycles. The average Bonchev–Trinajstić information content (AvgIpc) is 2.42. The van der Waals surface area contributed by atoms with Crippen molar-refractivity contribution in [2.24, 2.45) is 0 Å². The maximum atomic E-state index is 10.8. The summed E-state index contributed by atoms with van der Waals surface area (Å²) in [7, 11) is 0. The fourth-order valence-electron chi connectivity index (χ4n) is 2.73. The minimum absolute atomic E-state index is 0.235. The van der Waals surface area contributed by atoms with Gasteiger partial charge in [-0.25, -0.2) is 4.79 Å². The van der Waals surface area contributed by atoms with Crippen LogP contribution in [-0.4, -0.2) is 40.3 Å². The van der Waals surface area contributed by atoms with Crippen LogP contribution in [0.2, 0.25) is 0 Å². The van der Waals surface area contributed by atoms with Crippen molar-refractivity contribution < 1.29 is 15.0 Å². The first-order valence-electron chi connectivity index (χ1n) is 6.88. The van der Waals surface area contributed by atoms with E-state index in [2.05, 4.69) is 4.90 Å². The van der Waals surface area contributed by atoms with Gasteiger partial charge in [-0.2, -0.15) is 0 Å². The molecule has 1 aromatic carbocycles. The van der Waals surface area contributed by atoms with E-state index in [1.54, 1.807) is 12.1 Å². The zero-order valence-electron chi connectivity index (χ0n) is 11.1. The summed E-state index contributed by atoms with van der Waals surface area (Å²) in [6, 6.07) is 7.53. The number of aliphatic hydroxyl groups excluding tert-OH is 1. The molecule has 1 aromatic rings. The predicted octanol–water partition coefficient (Wildman–Crippen LogP) is 2.12. The third-order valence-corrected chi connectivity index (χ3v) is 3.80. The number of nitrogens with zero attached hydrogens (tertiary/aromatic N) is 1. The zero-order chi connectivity index (χ0) is 13.7. The van der Waals surface area contributed by atoms with Crippen molar-refractivity contribution in [2.75, 3.05) is 13.2 Å². The van der Waals surface area contributed by atoms with Crippen LogP contribution in [0, 0.1) is 0 Å². The summed E-state index contributed by atoms with van der Waals surface area (Å²) in [6.45, 7) is 2.13. The lowest BCUT2D eigenvalue weighted by Gasteiger charge is -2.35. The molecule has 0 saturated carbocycles. The van der Waals surface area contributed by atoms with E-state index in [0.29, 0.717) is 11.6 Å². The van der Waals surface area contributed by atoms with Crippen LogP contribution in [0.3, 0.4) is 0 Å². The molecule has 2 N–H and O–H groups in total. The summed E-state index contributed by atoms with van der Waals surface area (Å²) in [5.74, 6) is -0.886. The van der Waals surface area contributed by atoms with Gasteiger partial charge in [-0.1, -0.05) is 18.6 Å². The summed E-state index contributed by atoms with van der Waals surface area (Å²) in [5, 5.41) is 18.0. The van der Waals surface area contributed by atoms with Gasteiger partial charge < -0.3 is 10.2 Å². The largest absolute Gasteiger partial charge is 0.478 e. The van der Waals surface area contributed by atoms with Gasteiger partial charge in [0, 0.05) is 19.2 Å². The topological polar surface area (TPSA) is 60.8 Å². The Morgan fingerprint density at radius 1 is 1.26 bits per heavy atom. The standard InChI is InChI=1S/C15H21NO3/c17-10-8-14-3-1-2-9-16(14)11-12-4-6-13(7-5-12)15(18)19/h4-7,14,17H,1-3,8-11H2,(H,18,19). The summed E-state index contributed by atoms with van der Waals surface area (Å²) >= 11 is 0. The van der Waals surface area contributed by atoms with Crippen molar-refractivity contribution in [1.82, 2.24) is 4.90 Å². The Bertz CT molecular complexity index is 414. The number of hydrogen-bond acceptors (Lipinski definition) is 3. The van der Waals surface area contributed by atoms with Crippen molar-refractivity contribution >= 4 is 5.97 Å². The second-order valence-electron chi connectivity index (χ2n) is 5.13. The molecule has 1 aliphatic rings. The summed E-state index contributed by atoms with van der Waals surface area (Å²) in [4.78, 5) is 13.2. The van der Waals surface area contributed by atoms with E-state index in [1.165, 1.54) is 12.8 Å². The first kappa shape index (κ1) is 14.0. The molecular formula is C15H21NO3. The first-order chi connectivity index (χ1) is 9.20. The third kappa shape index (κ3) is 3.78. The second-order valence-corrected chi connectivity index (χ2v) is 5.13. The second kappa shape index (κ2) is 6.68. The van der Waals surface area contributed by atoms with Gasteiger partial charge in [-0.3, -0.25) is 4.90 Å². The van der Waals surface area contributed by atoms with Crippen LogP contribution in [0.4, 0.5) is 0 Å². The molecular weight excluding hydrogens is 242 g/mol. The summed E-state index contributed by atoms with van der Waals surface area (Å²) < 4.78 is 0. The van der Waals surface area contributed by atoms with Gasteiger partial charge in [-0.05, 0) is 43.5 Å². The number of carboxylic acid groups (broad SMARTS) is 1. The Balaban J connectivity index is 2.00. The Labute approximate surface area is 113 Å². The molecule has 0 radical (unpaired) electrons. The lowest BCUT2D eigenvalue weighted by molar-refractivity contribution is 0.0696. The van der Waals surface area contributed by atoms with Crippen LogP contribution >= 0.6 is 0 Å². The molecule has 0 amide bonds. The molecule has 1 atom stereocenters. The third-order valence-electron chi connectivity index (χ3n) is 3.80. The van der Waals surface area contributed by atoms with Gasteiger partial charge in [0.05, 0.1) is 5.56 Å². The van der Waals surface area contributed by atoms with E-state index in [1.807, 2.05) is 12.1 Å². The number of rotatable bonds is 5. The van der Waals surface area contributed by atoms with Gasteiger partial charge in [0.15, 0.2) is 0 Å². The number of aromatic carboxylic acids is 1. The van der Waals surface area contributed by atoms with Gasteiger partial charge in [0.2, 0.25) is 0 Å². The molecule has 0 spiro atoms. The van der Waals surface area contributed by atoms with E-state index in [-0.39, 0.29) is 6.61 Å². The molecule has 4 heteroatoms. The lowest BCUT2D eigenvalue weighted by atomic mass is 9.98. The van der Waals surface area contributed by atoms with E-state index in [0.717, 1.165) is 31.5 Å². The molecule has 0 aliphatic carbocycles. The monoisotopic (exact) mass is 263 g/mol. The highest BCUT2D eigenvalue weighted by Crippen LogP contribution is 2.21. The predicted molar refractivity (Wildman–Crippen MR) is 73.2 cm³/mol. The first-order valence-corrected chi connectivity index (χ1v) is 6.88. The lowest BCUT2D eigenvalue weighted by Crippen LogP contribution is -2.39. The smallest absolute Gasteiger partial charge is 0.335 e. The van der Waals surface area contributed by atoms with E-state index < -0.39 is 5.97 Å². The number of carboxylic acids is 1. The zero-order valence-corrected chi connectivity index (χ0v) is 11.1. The highest BCUT2D eigenvalue weighted by molar-refractivity contribution is 5.87. The Morgan fingerprint density at radius 2 is 2.00 bits per heavy atom.